The van der Waals surface area contributed by atoms with Crippen LogP contribution in [0.5, 0.6) is 0 Å². The highest BCUT2D eigenvalue weighted by Crippen LogP contribution is 2.27. The predicted molar refractivity (Wildman–Crippen MR) is 85.2 cm³/mol. The molecule has 4 rings (SSSR count). The maximum atomic E-state index is 13.0. The number of aryl methyl sites for hydroxylation is 1. The van der Waals surface area contributed by atoms with E-state index in [0.717, 1.165) is 30.7 Å². The van der Waals surface area contributed by atoms with Crippen molar-refractivity contribution in [2.24, 2.45) is 0 Å². The molecule has 4 heterocycles. The average Bonchev–Trinajstić information content (AvgIpc) is 3.15. The number of pyridine rings is 1. The van der Waals surface area contributed by atoms with Crippen LogP contribution in [0.25, 0.3) is 5.65 Å². The average molecular weight is 312 g/mol. The van der Waals surface area contributed by atoms with Crippen molar-refractivity contribution in [1.82, 2.24) is 19.2 Å². The van der Waals surface area contributed by atoms with Gasteiger partial charge in [0.05, 0.1) is 5.69 Å². The van der Waals surface area contributed by atoms with Crippen molar-refractivity contribution >= 4 is 17.5 Å². The highest BCUT2D eigenvalue weighted by atomic mass is 16.2. The van der Waals surface area contributed by atoms with E-state index in [9.17, 15) is 9.59 Å². The van der Waals surface area contributed by atoms with E-state index >= 15 is 0 Å². The Bertz CT molecular complexity index is 797. The zero-order valence-electron chi connectivity index (χ0n) is 13.4. The summed E-state index contributed by atoms with van der Waals surface area (Å²) in [7, 11) is 0. The van der Waals surface area contributed by atoms with E-state index in [-0.39, 0.29) is 17.9 Å². The second kappa shape index (κ2) is 5.08. The van der Waals surface area contributed by atoms with Gasteiger partial charge < -0.3 is 14.2 Å². The number of hydrogen-bond donors (Lipinski definition) is 0. The van der Waals surface area contributed by atoms with Crippen LogP contribution in [0.15, 0.2) is 24.4 Å². The predicted octanol–water partition coefficient (Wildman–Crippen LogP) is 1.48. The molecule has 0 aliphatic carbocycles. The molecular weight excluding hydrogens is 292 g/mol. The number of aromatic nitrogens is 2. The molecule has 6 nitrogen and oxygen atoms in total. The summed E-state index contributed by atoms with van der Waals surface area (Å²) in [6, 6.07) is 5.45. The lowest BCUT2D eigenvalue weighted by atomic mass is 10.1. The molecule has 0 spiro atoms. The van der Waals surface area contributed by atoms with Gasteiger partial charge in [0.1, 0.15) is 17.4 Å². The zero-order chi connectivity index (χ0) is 16.1. The summed E-state index contributed by atoms with van der Waals surface area (Å²) in [5.74, 6) is -0.0767. The van der Waals surface area contributed by atoms with E-state index in [1.165, 1.54) is 0 Å². The van der Waals surface area contributed by atoms with Crippen molar-refractivity contribution in [1.29, 1.82) is 0 Å². The van der Waals surface area contributed by atoms with E-state index < -0.39 is 6.04 Å². The van der Waals surface area contributed by atoms with Gasteiger partial charge in [-0.15, -0.1) is 0 Å². The van der Waals surface area contributed by atoms with Crippen LogP contribution >= 0.6 is 0 Å². The number of hydrogen-bond acceptors (Lipinski definition) is 3. The molecule has 2 aromatic heterocycles. The van der Waals surface area contributed by atoms with Gasteiger partial charge >= 0.3 is 0 Å². The number of nitrogens with zero attached hydrogens (tertiary/aromatic N) is 4. The molecule has 0 N–H and O–H groups in total. The Hall–Kier alpha value is -2.37. The smallest absolute Gasteiger partial charge is 0.275 e. The van der Waals surface area contributed by atoms with Crippen molar-refractivity contribution in [3.8, 4) is 0 Å². The lowest BCUT2D eigenvalue weighted by Crippen LogP contribution is -2.60. The first-order chi connectivity index (χ1) is 11.1. The summed E-state index contributed by atoms with van der Waals surface area (Å²) in [4.78, 5) is 33.6. The summed E-state index contributed by atoms with van der Waals surface area (Å²) < 4.78 is 1.91. The van der Waals surface area contributed by atoms with E-state index in [0.29, 0.717) is 12.2 Å². The third kappa shape index (κ3) is 2.04. The molecule has 2 aliphatic heterocycles. The fourth-order valence-corrected chi connectivity index (χ4v) is 3.79. The molecule has 0 unspecified atom stereocenters. The first kappa shape index (κ1) is 14.2. The van der Waals surface area contributed by atoms with E-state index in [2.05, 4.69) is 4.98 Å². The Morgan fingerprint density at radius 2 is 2.17 bits per heavy atom. The van der Waals surface area contributed by atoms with Crippen molar-refractivity contribution in [3.63, 3.8) is 0 Å². The molecule has 0 aromatic carbocycles. The zero-order valence-corrected chi connectivity index (χ0v) is 13.4. The Kier molecular flexibility index (Phi) is 3.14. The Morgan fingerprint density at radius 3 is 2.96 bits per heavy atom. The SMILES string of the molecule is Cc1c(C(=O)N2C[C@H]3CCCN3C(=O)[C@@H]2C)nc2ccccn12. The summed E-state index contributed by atoms with van der Waals surface area (Å²) in [5.41, 5.74) is 2.02. The normalized spacial score (nSPS) is 24.3. The molecule has 2 atom stereocenters. The molecule has 0 saturated carbocycles. The van der Waals surface area contributed by atoms with Crippen molar-refractivity contribution < 1.29 is 9.59 Å². The van der Waals surface area contributed by atoms with Gasteiger partial charge in [0.2, 0.25) is 5.91 Å². The molecule has 0 radical (unpaired) electrons. The first-order valence-corrected chi connectivity index (χ1v) is 8.13. The fraction of sp³-hybridized carbons (Fsp3) is 0.471. The highest BCUT2D eigenvalue weighted by Gasteiger charge is 2.42. The minimum absolute atomic E-state index is 0.0634. The van der Waals surface area contributed by atoms with Crippen LogP contribution in [-0.4, -0.2) is 56.2 Å². The van der Waals surface area contributed by atoms with Crippen LogP contribution < -0.4 is 0 Å². The summed E-state index contributed by atoms with van der Waals surface area (Å²) in [6.45, 7) is 5.15. The van der Waals surface area contributed by atoms with Crippen LogP contribution in [0.3, 0.4) is 0 Å². The molecular formula is C17H20N4O2. The van der Waals surface area contributed by atoms with Crippen LogP contribution in [0.1, 0.15) is 35.9 Å². The van der Waals surface area contributed by atoms with Gasteiger partial charge in [-0.3, -0.25) is 9.59 Å². The van der Waals surface area contributed by atoms with Crippen LogP contribution in [-0.2, 0) is 4.79 Å². The van der Waals surface area contributed by atoms with Crippen molar-refractivity contribution in [2.75, 3.05) is 13.1 Å². The van der Waals surface area contributed by atoms with E-state index in [4.69, 9.17) is 0 Å². The first-order valence-electron chi connectivity index (χ1n) is 8.13. The molecule has 2 aromatic rings. The molecule has 2 saturated heterocycles. The number of imidazole rings is 1. The quantitative estimate of drug-likeness (QED) is 0.801. The topological polar surface area (TPSA) is 57.9 Å². The van der Waals surface area contributed by atoms with Crippen molar-refractivity contribution in [2.45, 2.75) is 38.8 Å². The molecule has 6 heteroatoms. The number of fused-ring (bicyclic) bond motifs is 2. The summed E-state index contributed by atoms with van der Waals surface area (Å²) >= 11 is 0. The van der Waals surface area contributed by atoms with Crippen molar-refractivity contribution in [3.05, 3.63) is 35.8 Å². The fourth-order valence-electron chi connectivity index (χ4n) is 3.79. The molecule has 0 bridgehead atoms. The third-order valence-electron chi connectivity index (χ3n) is 5.12. The van der Waals surface area contributed by atoms with Gasteiger partial charge in [-0.05, 0) is 38.8 Å². The number of carbonyl (C=O) groups is 2. The lowest BCUT2D eigenvalue weighted by Gasteiger charge is -2.41. The van der Waals surface area contributed by atoms with Gasteiger partial charge in [0, 0.05) is 25.3 Å². The third-order valence-corrected chi connectivity index (χ3v) is 5.12. The Labute approximate surface area is 134 Å². The van der Waals surface area contributed by atoms with E-state index in [1.807, 2.05) is 47.5 Å². The number of carbonyl (C=O) groups excluding carboxylic acids is 2. The number of rotatable bonds is 1. The van der Waals surface area contributed by atoms with Gasteiger partial charge in [-0.25, -0.2) is 4.98 Å². The highest BCUT2D eigenvalue weighted by molar-refractivity contribution is 5.98. The Morgan fingerprint density at radius 1 is 1.35 bits per heavy atom. The number of piperazine rings is 1. The minimum Gasteiger partial charge on any atom is -0.336 e. The molecule has 120 valence electrons. The second-order valence-electron chi connectivity index (χ2n) is 6.44. The monoisotopic (exact) mass is 312 g/mol. The van der Waals surface area contributed by atoms with Gasteiger partial charge in [-0.1, -0.05) is 6.07 Å². The standard InChI is InChI=1S/C17H20N4O2/c1-11-15(18-14-7-3-4-8-19(11)14)17(23)21-10-13-6-5-9-20(13)16(22)12(21)2/h3-4,7-8,12-13H,5-6,9-10H2,1-2H3/t12-,13+/m0/s1. The summed E-state index contributed by atoms with van der Waals surface area (Å²) in [6.07, 6.45) is 3.91. The maximum Gasteiger partial charge on any atom is 0.275 e. The molecule has 2 fully saturated rings. The van der Waals surface area contributed by atoms with E-state index in [1.54, 1.807) is 4.90 Å². The second-order valence-corrected chi connectivity index (χ2v) is 6.44. The minimum atomic E-state index is -0.416. The molecule has 23 heavy (non-hydrogen) atoms. The Balaban J connectivity index is 1.70. The van der Waals surface area contributed by atoms with Gasteiger partial charge in [-0.2, -0.15) is 0 Å². The maximum absolute atomic E-state index is 13.0. The molecule has 2 aliphatic rings. The van der Waals surface area contributed by atoms with Crippen LogP contribution in [0.4, 0.5) is 0 Å². The summed E-state index contributed by atoms with van der Waals surface area (Å²) in [5, 5.41) is 0. The van der Waals surface area contributed by atoms with Crippen LogP contribution in [0, 0.1) is 6.92 Å². The largest absolute Gasteiger partial charge is 0.336 e. The molecule has 2 amide bonds. The van der Waals surface area contributed by atoms with Crippen LogP contribution in [0.2, 0.25) is 0 Å². The number of amides is 2. The lowest BCUT2D eigenvalue weighted by molar-refractivity contribution is -0.141. The van der Waals surface area contributed by atoms with Gasteiger partial charge in [0.15, 0.2) is 0 Å². The van der Waals surface area contributed by atoms with Gasteiger partial charge in [0.25, 0.3) is 5.91 Å².